The smallest absolute Gasteiger partial charge is 0.271 e. The van der Waals surface area contributed by atoms with Crippen LogP contribution in [0.2, 0.25) is 0 Å². The molecule has 0 aliphatic carbocycles. The first kappa shape index (κ1) is 13.5. The van der Waals surface area contributed by atoms with Gasteiger partial charge >= 0.3 is 0 Å². The van der Waals surface area contributed by atoms with Crippen LogP contribution in [0, 0.1) is 13.8 Å². The van der Waals surface area contributed by atoms with E-state index in [0.29, 0.717) is 11.7 Å². The SMILES string of the molecule is Cc1nc(C(=O)NCCC2CCCN2C)c(C)s1. The summed E-state index contributed by atoms with van der Waals surface area (Å²) in [5.41, 5.74) is 0.595. The zero-order chi connectivity index (χ0) is 13.1. The van der Waals surface area contributed by atoms with E-state index in [0.717, 1.165) is 22.9 Å². The summed E-state index contributed by atoms with van der Waals surface area (Å²) in [6.45, 7) is 5.80. The van der Waals surface area contributed by atoms with Crippen LogP contribution in [0.3, 0.4) is 0 Å². The Morgan fingerprint density at radius 1 is 1.56 bits per heavy atom. The Morgan fingerprint density at radius 2 is 2.33 bits per heavy atom. The highest BCUT2D eigenvalue weighted by Gasteiger charge is 2.21. The molecular formula is C13H21N3OS. The van der Waals surface area contributed by atoms with Crippen molar-refractivity contribution in [1.29, 1.82) is 0 Å². The van der Waals surface area contributed by atoms with Crippen molar-refractivity contribution in [2.24, 2.45) is 0 Å². The maximum atomic E-state index is 12.0. The molecule has 1 N–H and O–H groups in total. The van der Waals surface area contributed by atoms with Gasteiger partial charge in [-0.05, 0) is 46.7 Å². The molecule has 1 aliphatic rings. The summed E-state index contributed by atoms with van der Waals surface area (Å²) in [4.78, 5) is 19.6. The standard InChI is InChI=1S/C13H21N3OS/c1-9-12(15-10(2)18-9)13(17)14-7-6-11-5-4-8-16(11)3/h11H,4-8H2,1-3H3,(H,14,17). The normalized spacial score (nSPS) is 20.3. The molecule has 0 aromatic carbocycles. The number of amides is 1. The first-order valence-electron chi connectivity index (χ1n) is 6.50. The largest absolute Gasteiger partial charge is 0.351 e. The molecule has 5 heteroatoms. The van der Waals surface area contributed by atoms with E-state index in [-0.39, 0.29) is 5.91 Å². The van der Waals surface area contributed by atoms with Gasteiger partial charge in [-0.25, -0.2) is 4.98 Å². The number of carbonyl (C=O) groups excluding carboxylic acids is 1. The summed E-state index contributed by atoms with van der Waals surface area (Å²) in [5.74, 6) is -0.0301. The van der Waals surface area contributed by atoms with Gasteiger partial charge in [0.05, 0.1) is 5.01 Å². The molecule has 1 aliphatic heterocycles. The van der Waals surface area contributed by atoms with Gasteiger partial charge in [0.25, 0.3) is 5.91 Å². The Kier molecular flexibility index (Phi) is 4.35. The molecule has 1 aromatic rings. The first-order chi connectivity index (χ1) is 8.58. The number of nitrogens with zero attached hydrogens (tertiary/aromatic N) is 2. The van der Waals surface area contributed by atoms with Crippen LogP contribution in [0.1, 0.15) is 39.6 Å². The summed E-state index contributed by atoms with van der Waals surface area (Å²) in [6.07, 6.45) is 3.56. The van der Waals surface area contributed by atoms with Gasteiger partial charge in [0.2, 0.25) is 0 Å². The van der Waals surface area contributed by atoms with Crippen LogP contribution in [0.4, 0.5) is 0 Å². The molecule has 2 heterocycles. The van der Waals surface area contributed by atoms with Crippen LogP contribution >= 0.6 is 11.3 Å². The maximum absolute atomic E-state index is 12.0. The highest BCUT2D eigenvalue weighted by molar-refractivity contribution is 7.11. The average molecular weight is 267 g/mol. The van der Waals surface area contributed by atoms with Crippen LogP contribution in [0.5, 0.6) is 0 Å². The van der Waals surface area contributed by atoms with E-state index in [2.05, 4.69) is 22.2 Å². The third kappa shape index (κ3) is 3.09. The molecule has 0 bridgehead atoms. The van der Waals surface area contributed by atoms with E-state index in [4.69, 9.17) is 0 Å². The third-order valence-electron chi connectivity index (χ3n) is 3.55. The van der Waals surface area contributed by atoms with Crippen LogP contribution in [0.25, 0.3) is 0 Å². The molecule has 1 amide bonds. The number of aryl methyl sites for hydroxylation is 2. The van der Waals surface area contributed by atoms with Crippen molar-refractivity contribution in [2.75, 3.05) is 20.1 Å². The molecule has 1 fully saturated rings. The van der Waals surface area contributed by atoms with Crippen molar-refractivity contribution in [3.05, 3.63) is 15.6 Å². The van der Waals surface area contributed by atoms with E-state index >= 15 is 0 Å². The topological polar surface area (TPSA) is 45.2 Å². The number of thiazole rings is 1. The van der Waals surface area contributed by atoms with Crippen molar-refractivity contribution in [1.82, 2.24) is 15.2 Å². The summed E-state index contributed by atoms with van der Waals surface area (Å²) in [7, 11) is 2.16. The minimum atomic E-state index is -0.0301. The zero-order valence-electron chi connectivity index (χ0n) is 11.3. The Labute approximate surface area is 112 Å². The predicted molar refractivity (Wildman–Crippen MR) is 74.2 cm³/mol. The molecule has 1 saturated heterocycles. The Hall–Kier alpha value is -0.940. The lowest BCUT2D eigenvalue weighted by molar-refractivity contribution is 0.0945. The number of nitrogens with one attached hydrogen (secondary N) is 1. The van der Waals surface area contributed by atoms with E-state index in [1.165, 1.54) is 19.4 Å². The Balaban J connectivity index is 1.80. The molecule has 2 rings (SSSR count). The Bertz CT molecular complexity index is 430. The molecule has 0 saturated carbocycles. The van der Waals surface area contributed by atoms with E-state index < -0.39 is 0 Å². The quantitative estimate of drug-likeness (QED) is 0.907. The Morgan fingerprint density at radius 3 is 2.89 bits per heavy atom. The molecular weight excluding hydrogens is 246 g/mol. The molecule has 1 atom stereocenters. The second kappa shape index (κ2) is 5.80. The van der Waals surface area contributed by atoms with Gasteiger partial charge < -0.3 is 10.2 Å². The van der Waals surface area contributed by atoms with Crippen LogP contribution in [-0.2, 0) is 0 Å². The third-order valence-corrected chi connectivity index (χ3v) is 4.44. The van der Waals surface area contributed by atoms with E-state index in [9.17, 15) is 4.79 Å². The molecule has 0 spiro atoms. The van der Waals surface area contributed by atoms with Crippen molar-refractivity contribution in [3.8, 4) is 0 Å². The highest BCUT2D eigenvalue weighted by Crippen LogP contribution is 2.18. The highest BCUT2D eigenvalue weighted by atomic mass is 32.1. The lowest BCUT2D eigenvalue weighted by atomic mass is 10.1. The first-order valence-corrected chi connectivity index (χ1v) is 7.32. The summed E-state index contributed by atoms with van der Waals surface area (Å²) >= 11 is 1.58. The van der Waals surface area contributed by atoms with Crippen molar-refractivity contribution in [3.63, 3.8) is 0 Å². The molecule has 0 radical (unpaired) electrons. The van der Waals surface area contributed by atoms with Gasteiger partial charge in [0, 0.05) is 17.5 Å². The summed E-state index contributed by atoms with van der Waals surface area (Å²) < 4.78 is 0. The van der Waals surface area contributed by atoms with Gasteiger partial charge in [0.15, 0.2) is 0 Å². The minimum absolute atomic E-state index is 0.0301. The van der Waals surface area contributed by atoms with Crippen molar-refractivity contribution >= 4 is 17.2 Å². The number of hydrogen-bond donors (Lipinski definition) is 1. The summed E-state index contributed by atoms with van der Waals surface area (Å²) in [5, 5.41) is 3.93. The fraction of sp³-hybridized carbons (Fsp3) is 0.692. The summed E-state index contributed by atoms with van der Waals surface area (Å²) in [6, 6.07) is 0.628. The van der Waals surface area contributed by atoms with Gasteiger partial charge in [-0.15, -0.1) is 11.3 Å². The van der Waals surface area contributed by atoms with Crippen LogP contribution in [-0.4, -0.2) is 42.0 Å². The fourth-order valence-electron chi connectivity index (χ4n) is 2.52. The predicted octanol–water partition coefficient (Wildman–Crippen LogP) is 1.97. The molecule has 1 aromatic heterocycles. The number of rotatable bonds is 4. The van der Waals surface area contributed by atoms with Crippen molar-refractivity contribution < 1.29 is 4.79 Å². The number of aromatic nitrogens is 1. The maximum Gasteiger partial charge on any atom is 0.271 e. The lowest BCUT2D eigenvalue weighted by Crippen LogP contribution is -2.32. The molecule has 1 unspecified atom stereocenters. The van der Waals surface area contributed by atoms with E-state index in [1.807, 2.05) is 13.8 Å². The molecule has 18 heavy (non-hydrogen) atoms. The number of hydrogen-bond acceptors (Lipinski definition) is 4. The number of likely N-dealkylation sites (tertiary alicyclic amines) is 1. The fourth-order valence-corrected chi connectivity index (χ4v) is 3.33. The second-order valence-corrected chi connectivity index (χ2v) is 6.37. The van der Waals surface area contributed by atoms with Crippen LogP contribution in [0.15, 0.2) is 0 Å². The average Bonchev–Trinajstić information content (AvgIpc) is 2.85. The van der Waals surface area contributed by atoms with Crippen LogP contribution < -0.4 is 5.32 Å². The van der Waals surface area contributed by atoms with Gasteiger partial charge in [-0.2, -0.15) is 0 Å². The molecule has 100 valence electrons. The lowest BCUT2D eigenvalue weighted by Gasteiger charge is -2.19. The van der Waals surface area contributed by atoms with Gasteiger partial charge in [-0.3, -0.25) is 4.79 Å². The zero-order valence-corrected chi connectivity index (χ0v) is 12.1. The molecule has 4 nitrogen and oxygen atoms in total. The second-order valence-electron chi connectivity index (χ2n) is 4.96. The van der Waals surface area contributed by atoms with Gasteiger partial charge in [0.1, 0.15) is 5.69 Å². The van der Waals surface area contributed by atoms with Gasteiger partial charge in [-0.1, -0.05) is 0 Å². The monoisotopic (exact) mass is 267 g/mol. The minimum Gasteiger partial charge on any atom is -0.351 e. The number of carbonyl (C=O) groups is 1. The van der Waals surface area contributed by atoms with E-state index in [1.54, 1.807) is 11.3 Å². The van der Waals surface area contributed by atoms with Crippen molar-refractivity contribution in [2.45, 2.75) is 39.2 Å².